The van der Waals surface area contributed by atoms with E-state index < -0.39 is 7.60 Å². The zero-order chi connectivity index (χ0) is 10.1. The average Bonchev–Trinajstić information content (AvgIpc) is 2.02. The Morgan fingerprint density at radius 3 is 2.54 bits per heavy atom. The van der Waals surface area contributed by atoms with Gasteiger partial charge in [0.25, 0.3) is 0 Å². The molecule has 1 aromatic carbocycles. The quantitative estimate of drug-likeness (QED) is 0.518. The largest absolute Gasteiger partial charge is 0.357 e. The molecule has 0 fully saturated rings. The summed E-state index contributed by atoms with van der Waals surface area (Å²) in [5, 5.41) is 0.00943. The van der Waals surface area contributed by atoms with Crippen LogP contribution >= 0.6 is 20.2 Å². The van der Waals surface area contributed by atoms with Crippen LogP contribution in [0.1, 0.15) is 12.5 Å². The molecule has 0 saturated carbocycles. The maximum atomic E-state index is 11.0. The first-order chi connectivity index (χ1) is 5.96. The molecule has 5 heteroatoms. The molecule has 0 amide bonds. The van der Waals surface area contributed by atoms with E-state index in [4.69, 9.17) is 9.79 Å². The van der Waals surface area contributed by atoms with Crippen LogP contribution in [0.25, 0.3) is 0 Å². The molecule has 0 aliphatic heterocycles. The Labute approximate surface area is 82.4 Å². The third-order valence-corrected chi connectivity index (χ3v) is 3.50. The molecular formula is C8H11O3PS. The van der Waals surface area contributed by atoms with Crippen molar-refractivity contribution >= 4 is 25.5 Å². The molecule has 13 heavy (non-hydrogen) atoms. The van der Waals surface area contributed by atoms with Crippen LogP contribution in [0, 0.1) is 0 Å². The molecule has 0 unspecified atom stereocenters. The molecule has 0 radical (unpaired) electrons. The van der Waals surface area contributed by atoms with Crippen molar-refractivity contribution in [2.45, 2.75) is 18.2 Å². The van der Waals surface area contributed by atoms with Gasteiger partial charge in [0.15, 0.2) is 0 Å². The summed E-state index contributed by atoms with van der Waals surface area (Å²) in [7, 11) is -4.17. The molecule has 0 saturated heterocycles. The molecule has 72 valence electrons. The van der Waals surface area contributed by atoms with Crippen LogP contribution in [0.4, 0.5) is 0 Å². The maximum Gasteiger partial charge on any atom is 0.357 e. The van der Waals surface area contributed by atoms with Gasteiger partial charge < -0.3 is 9.79 Å². The van der Waals surface area contributed by atoms with Gasteiger partial charge in [-0.3, -0.25) is 4.57 Å². The highest BCUT2D eigenvalue weighted by Crippen LogP contribution is 2.36. The summed E-state index contributed by atoms with van der Waals surface area (Å²) < 4.78 is 11.0. The van der Waals surface area contributed by atoms with Crippen LogP contribution in [0.5, 0.6) is 0 Å². The summed E-state index contributed by atoms with van der Waals surface area (Å²) >= 11 is 4.09. The summed E-state index contributed by atoms with van der Waals surface area (Å²) in [5.74, 6) is 0. The van der Waals surface area contributed by atoms with Crippen molar-refractivity contribution in [1.29, 1.82) is 0 Å². The highest BCUT2D eigenvalue weighted by Gasteiger charge is 2.20. The minimum Gasteiger partial charge on any atom is -0.321 e. The van der Waals surface area contributed by atoms with Crippen molar-refractivity contribution in [3.63, 3.8) is 0 Å². The van der Waals surface area contributed by atoms with E-state index in [1.807, 2.05) is 13.0 Å². The zero-order valence-electron chi connectivity index (χ0n) is 7.14. The fourth-order valence-electron chi connectivity index (χ4n) is 1.10. The Balaban J connectivity index is 3.32. The van der Waals surface area contributed by atoms with Gasteiger partial charge >= 0.3 is 7.60 Å². The third kappa shape index (κ3) is 2.35. The summed E-state index contributed by atoms with van der Waals surface area (Å²) in [6, 6.07) is 4.84. The Morgan fingerprint density at radius 2 is 2.08 bits per heavy atom. The van der Waals surface area contributed by atoms with Gasteiger partial charge in [0.1, 0.15) is 0 Å². The summed E-state index contributed by atoms with van der Waals surface area (Å²) in [5.41, 5.74) is 0.851. The summed E-state index contributed by atoms with van der Waals surface area (Å²) in [4.78, 5) is 18.3. The predicted molar refractivity (Wildman–Crippen MR) is 54.8 cm³/mol. The minimum atomic E-state index is -4.17. The second kappa shape index (κ2) is 3.84. The molecule has 3 nitrogen and oxygen atoms in total. The Bertz CT molecular complexity index is 358. The van der Waals surface area contributed by atoms with Crippen molar-refractivity contribution in [2.75, 3.05) is 0 Å². The van der Waals surface area contributed by atoms with Gasteiger partial charge in [-0.1, -0.05) is 19.1 Å². The Kier molecular flexibility index (Phi) is 3.19. The molecule has 0 spiro atoms. The lowest BCUT2D eigenvalue weighted by molar-refractivity contribution is 0.386. The van der Waals surface area contributed by atoms with E-state index >= 15 is 0 Å². The van der Waals surface area contributed by atoms with E-state index in [-0.39, 0.29) is 5.30 Å². The van der Waals surface area contributed by atoms with Crippen molar-refractivity contribution in [2.24, 2.45) is 0 Å². The van der Waals surface area contributed by atoms with Gasteiger partial charge in [0.05, 0.1) is 5.30 Å². The molecule has 0 bridgehead atoms. The molecule has 0 aliphatic rings. The van der Waals surface area contributed by atoms with E-state index in [1.165, 1.54) is 6.07 Å². The highest BCUT2D eigenvalue weighted by atomic mass is 32.1. The molecule has 0 atom stereocenters. The minimum absolute atomic E-state index is 0.00943. The van der Waals surface area contributed by atoms with Crippen LogP contribution in [-0.4, -0.2) is 9.79 Å². The SMILES string of the molecule is CCc1cccc(P(=O)(O)O)c1S. The van der Waals surface area contributed by atoms with Crippen molar-refractivity contribution < 1.29 is 14.4 Å². The number of thiol groups is 1. The van der Waals surface area contributed by atoms with Gasteiger partial charge in [-0.2, -0.15) is 0 Å². The number of benzene rings is 1. The first-order valence-corrected chi connectivity index (χ1v) is 5.89. The Hall–Kier alpha value is -0.280. The smallest absolute Gasteiger partial charge is 0.321 e. The molecular weight excluding hydrogens is 207 g/mol. The average molecular weight is 218 g/mol. The molecule has 2 N–H and O–H groups in total. The van der Waals surface area contributed by atoms with Gasteiger partial charge in [-0.05, 0) is 18.1 Å². The van der Waals surface area contributed by atoms with E-state index in [0.29, 0.717) is 11.3 Å². The van der Waals surface area contributed by atoms with Crippen LogP contribution in [0.2, 0.25) is 0 Å². The molecule has 1 rings (SSSR count). The van der Waals surface area contributed by atoms with Gasteiger partial charge in [0.2, 0.25) is 0 Å². The fourth-order valence-corrected chi connectivity index (χ4v) is 2.50. The zero-order valence-corrected chi connectivity index (χ0v) is 8.93. The number of rotatable bonds is 2. The summed E-state index contributed by atoms with van der Waals surface area (Å²) in [6.07, 6.45) is 0.715. The maximum absolute atomic E-state index is 11.0. The number of aryl methyl sites for hydroxylation is 1. The number of hydrogen-bond donors (Lipinski definition) is 3. The van der Waals surface area contributed by atoms with Crippen LogP contribution in [0.15, 0.2) is 23.1 Å². The van der Waals surface area contributed by atoms with E-state index in [0.717, 1.165) is 5.56 Å². The topological polar surface area (TPSA) is 57.5 Å². The van der Waals surface area contributed by atoms with E-state index in [2.05, 4.69) is 12.6 Å². The van der Waals surface area contributed by atoms with Gasteiger partial charge in [0, 0.05) is 4.90 Å². The molecule has 0 heterocycles. The second-order valence-electron chi connectivity index (χ2n) is 2.68. The van der Waals surface area contributed by atoms with Gasteiger partial charge in [-0.15, -0.1) is 12.6 Å². The third-order valence-electron chi connectivity index (χ3n) is 1.79. The normalized spacial score (nSPS) is 11.7. The number of hydrogen-bond acceptors (Lipinski definition) is 2. The second-order valence-corrected chi connectivity index (χ2v) is 4.70. The highest BCUT2D eigenvalue weighted by molar-refractivity contribution is 7.81. The van der Waals surface area contributed by atoms with Gasteiger partial charge in [-0.25, -0.2) is 0 Å². The summed E-state index contributed by atoms with van der Waals surface area (Å²) in [6.45, 7) is 1.92. The fraction of sp³-hybridized carbons (Fsp3) is 0.250. The first-order valence-electron chi connectivity index (χ1n) is 3.83. The standard InChI is InChI=1S/C8H11O3PS/c1-2-6-4-3-5-7(8(6)13)12(9,10)11/h3-5,13H,2H2,1H3,(H2,9,10,11). The molecule has 0 aromatic heterocycles. The van der Waals surface area contributed by atoms with Crippen LogP contribution in [0.3, 0.4) is 0 Å². The lowest BCUT2D eigenvalue weighted by Gasteiger charge is -2.09. The van der Waals surface area contributed by atoms with Crippen LogP contribution in [-0.2, 0) is 11.0 Å². The lowest BCUT2D eigenvalue weighted by atomic mass is 10.2. The molecule has 1 aromatic rings. The predicted octanol–water partition coefficient (Wildman–Crippen LogP) is 1.34. The van der Waals surface area contributed by atoms with E-state index in [9.17, 15) is 4.57 Å². The first kappa shape index (κ1) is 10.8. The lowest BCUT2D eigenvalue weighted by Crippen LogP contribution is -2.07. The Morgan fingerprint density at radius 1 is 1.46 bits per heavy atom. The molecule has 0 aliphatic carbocycles. The van der Waals surface area contributed by atoms with E-state index in [1.54, 1.807) is 6.07 Å². The van der Waals surface area contributed by atoms with Crippen molar-refractivity contribution in [1.82, 2.24) is 0 Å². The van der Waals surface area contributed by atoms with Crippen LogP contribution < -0.4 is 5.30 Å². The monoisotopic (exact) mass is 218 g/mol. The van der Waals surface area contributed by atoms with Crippen molar-refractivity contribution in [3.8, 4) is 0 Å². The van der Waals surface area contributed by atoms with Crippen molar-refractivity contribution in [3.05, 3.63) is 23.8 Å².